The van der Waals surface area contributed by atoms with Crippen LogP contribution in [-0.4, -0.2) is 36.1 Å². The molecule has 0 fully saturated rings. The van der Waals surface area contributed by atoms with Crippen LogP contribution in [0.4, 0.5) is 11.6 Å². The number of imide groups is 1. The maximum Gasteiger partial charge on any atom is 0.342 e. The van der Waals surface area contributed by atoms with E-state index >= 15 is 0 Å². The zero-order valence-corrected chi connectivity index (χ0v) is 13.3. The summed E-state index contributed by atoms with van der Waals surface area (Å²) in [5, 5.41) is 24.5. The van der Waals surface area contributed by atoms with Crippen molar-refractivity contribution in [2.75, 3.05) is 4.90 Å². The SMILES string of the molecule is CC(=O)N(C(C)=O)c1c(C#N)c(-c2ncc([N+](=O)[O-])n2C)nn1C. The number of amides is 2. The third-order valence-electron chi connectivity index (χ3n) is 3.33. The first-order chi connectivity index (χ1) is 11.2. The van der Waals surface area contributed by atoms with Crippen molar-refractivity contribution < 1.29 is 14.5 Å². The second-order valence-electron chi connectivity index (χ2n) is 4.91. The number of aromatic nitrogens is 4. The van der Waals surface area contributed by atoms with E-state index in [2.05, 4.69) is 10.1 Å². The Hall–Kier alpha value is -3.55. The van der Waals surface area contributed by atoms with Gasteiger partial charge in [0, 0.05) is 20.9 Å². The minimum absolute atomic E-state index is 0.0156. The summed E-state index contributed by atoms with van der Waals surface area (Å²) in [5.74, 6) is -1.39. The molecule has 0 unspecified atom stereocenters. The minimum Gasteiger partial charge on any atom is -0.358 e. The Morgan fingerprint density at radius 3 is 2.33 bits per heavy atom. The number of nitro groups is 1. The highest BCUT2D eigenvalue weighted by atomic mass is 16.6. The van der Waals surface area contributed by atoms with Crippen LogP contribution in [0.2, 0.25) is 0 Å². The third-order valence-corrected chi connectivity index (χ3v) is 3.33. The Morgan fingerprint density at radius 1 is 1.33 bits per heavy atom. The van der Waals surface area contributed by atoms with Gasteiger partial charge in [0.1, 0.15) is 17.8 Å². The molecule has 0 saturated carbocycles. The maximum absolute atomic E-state index is 11.8. The summed E-state index contributed by atoms with van der Waals surface area (Å²) in [6.07, 6.45) is 1.04. The molecule has 2 aromatic rings. The molecule has 11 heteroatoms. The molecule has 2 rings (SSSR count). The molecule has 0 atom stereocenters. The van der Waals surface area contributed by atoms with E-state index in [-0.39, 0.29) is 28.7 Å². The summed E-state index contributed by atoms with van der Waals surface area (Å²) in [6.45, 7) is 2.36. The van der Waals surface area contributed by atoms with E-state index in [1.807, 2.05) is 6.07 Å². The van der Waals surface area contributed by atoms with Crippen LogP contribution in [-0.2, 0) is 23.7 Å². The number of nitrogens with zero attached hydrogens (tertiary/aromatic N) is 7. The molecule has 0 aromatic carbocycles. The highest BCUT2D eigenvalue weighted by Gasteiger charge is 2.31. The zero-order valence-electron chi connectivity index (χ0n) is 13.3. The van der Waals surface area contributed by atoms with E-state index in [4.69, 9.17) is 0 Å². The molecule has 11 nitrogen and oxygen atoms in total. The van der Waals surface area contributed by atoms with Crippen molar-refractivity contribution in [3.63, 3.8) is 0 Å². The van der Waals surface area contributed by atoms with Gasteiger partial charge in [0.2, 0.25) is 11.8 Å². The van der Waals surface area contributed by atoms with Crippen LogP contribution < -0.4 is 4.90 Å². The summed E-state index contributed by atoms with van der Waals surface area (Å²) >= 11 is 0. The number of imidazole rings is 1. The normalized spacial score (nSPS) is 10.3. The smallest absolute Gasteiger partial charge is 0.342 e. The Morgan fingerprint density at radius 2 is 1.92 bits per heavy atom. The van der Waals surface area contributed by atoms with Gasteiger partial charge in [-0.1, -0.05) is 0 Å². The molecule has 0 radical (unpaired) electrons. The highest BCUT2D eigenvalue weighted by molar-refractivity contribution is 6.13. The predicted octanol–water partition coefficient (Wildman–Crippen LogP) is 0.500. The molecule has 0 saturated heterocycles. The molecule has 0 aliphatic rings. The summed E-state index contributed by atoms with van der Waals surface area (Å²) in [4.78, 5) is 38.6. The lowest BCUT2D eigenvalue weighted by atomic mass is 10.2. The molecule has 0 aliphatic heterocycles. The molecule has 2 heterocycles. The van der Waals surface area contributed by atoms with E-state index in [0.717, 1.165) is 11.1 Å². The number of anilines is 1. The Bertz CT molecular complexity index is 888. The van der Waals surface area contributed by atoms with Crippen molar-refractivity contribution in [2.24, 2.45) is 14.1 Å². The van der Waals surface area contributed by atoms with E-state index in [9.17, 15) is 25.0 Å². The maximum atomic E-state index is 11.8. The van der Waals surface area contributed by atoms with Gasteiger partial charge in [0.25, 0.3) is 5.82 Å². The Labute approximate surface area is 135 Å². The van der Waals surface area contributed by atoms with E-state index in [1.54, 1.807) is 0 Å². The topological polar surface area (TPSA) is 140 Å². The fraction of sp³-hybridized carbons (Fsp3) is 0.308. The number of carbonyl (C=O) groups is 2. The molecule has 0 spiro atoms. The lowest BCUT2D eigenvalue weighted by molar-refractivity contribution is -0.391. The quantitative estimate of drug-likeness (QED) is 0.589. The van der Waals surface area contributed by atoms with Crippen molar-refractivity contribution in [2.45, 2.75) is 13.8 Å². The van der Waals surface area contributed by atoms with E-state index < -0.39 is 16.7 Å². The summed E-state index contributed by atoms with van der Waals surface area (Å²) in [6, 6.07) is 1.89. The fourth-order valence-corrected chi connectivity index (χ4v) is 2.34. The number of carbonyl (C=O) groups excluding carboxylic acids is 2. The van der Waals surface area contributed by atoms with Gasteiger partial charge < -0.3 is 10.1 Å². The van der Waals surface area contributed by atoms with E-state index in [1.165, 1.54) is 37.2 Å². The molecule has 24 heavy (non-hydrogen) atoms. The van der Waals surface area contributed by atoms with Gasteiger partial charge in [-0.05, 0) is 4.92 Å². The molecule has 2 amide bonds. The van der Waals surface area contributed by atoms with Gasteiger partial charge in [-0.2, -0.15) is 10.4 Å². The van der Waals surface area contributed by atoms with E-state index in [0.29, 0.717) is 0 Å². The number of hydrogen-bond acceptors (Lipinski definition) is 7. The Kier molecular flexibility index (Phi) is 4.15. The monoisotopic (exact) mass is 331 g/mol. The number of nitriles is 1. The van der Waals surface area contributed by atoms with Crippen molar-refractivity contribution in [3.8, 4) is 17.6 Å². The van der Waals surface area contributed by atoms with Crippen molar-refractivity contribution >= 4 is 23.5 Å². The van der Waals surface area contributed by atoms with Crippen molar-refractivity contribution in [1.29, 1.82) is 5.26 Å². The number of aryl methyl sites for hydroxylation is 1. The minimum atomic E-state index is -0.621. The first-order valence-electron chi connectivity index (χ1n) is 6.65. The summed E-state index contributed by atoms with van der Waals surface area (Å²) in [7, 11) is 2.86. The number of rotatable bonds is 3. The van der Waals surface area contributed by atoms with Crippen LogP contribution >= 0.6 is 0 Å². The third kappa shape index (κ3) is 2.50. The second kappa shape index (κ2) is 5.92. The Balaban J connectivity index is 2.74. The molecule has 124 valence electrons. The summed E-state index contributed by atoms with van der Waals surface area (Å²) in [5.41, 5.74) is -0.0374. The van der Waals surface area contributed by atoms with Gasteiger partial charge in [0.05, 0.1) is 7.05 Å². The standard InChI is InChI=1S/C13H13N7O4/c1-7(21)19(8(2)22)13-9(5-14)11(16-18(13)4)12-15-6-10(17(12)3)20(23)24/h6H,1-4H3. The molecule has 0 bridgehead atoms. The van der Waals surface area contributed by atoms with Crippen LogP contribution in [0.1, 0.15) is 19.4 Å². The second-order valence-corrected chi connectivity index (χ2v) is 4.91. The fourth-order valence-electron chi connectivity index (χ4n) is 2.34. The first-order valence-corrected chi connectivity index (χ1v) is 6.65. The van der Waals surface area contributed by atoms with Crippen molar-refractivity contribution in [1.82, 2.24) is 19.3 Å². The average Bonchev–Trinajstić information content (AvgIpc) is 2.99. The van der Waals surface area contributed by atoms with Gasteiger partial charge >= 0.3 is 5.82 Å². The van der Waals surface area contributed by atoms with Gasteiger partial charge in [-0.25, -0.2) is 19.1 Å². The first kappa shape index (κ1) is 16.8. The highest BCUT2D eigenvalue weighted by Crippen LogP contribution is 2.31. The molecular weight excluding hydrogens is 318 g/mol. The van der Waals surface area contributed by atoms with Gasteiger partial charge in [0.15, 0.2) is 11.5 Å². The lowest BCUT2D eigenvalue weighted by Crippen LogP contribution is -2.35. The summed E-state index contributed by atoms with van der Waals surface area (Å²) < 4.78 is 2.36. The van der Waals surface area contributed by atoms with Crippen LogP contribution in [0.3, 0.4) is 0 Å². The molecule has 2 aromatic heterocycles. The predicted molar refractivity (Wildman–Crippen MR) is 80.6 cm³/mol. The van der Waals surface area contributed by atoms with Gasteiger partial charge in [-0.3, -0.25) is 9.59 Å². The average molecular weight is 331 g/mol. The van der Waals surface area contributed by atoms with Gasteiger partial charge in [-0.15, -0.1) is 0 Å². The van der Waals surface area contributed by atoms with Crippen LogP contribution in [0, 0.1) is 21.4 Å². The molecular formula is C13H13N7O4. The van der Waals surface area contributed by atoms with Crippen molar-refractivity contribution in [3.05, 3.63) is 21.9 Å². The largest absolute Gasteiger partial charge is 0.358 e. The lowest BCUT2D eigenvalue weighted by Gasteiger charge is -2.17. The molecule has 0 aliphatic carbocycles. The van der Waals surface area contributed by atoms with Crippen LogP contribution in [0.25, 0.3) is 11.5 Å². The molecule has 0 N–H and O–H groups in total. The zero-order chi connectivity index (χ0) is 18.2. The van der Waals surface area contributed by atoms with Crippen LogP contribution in [0.15, 0.2) is 6.20 Å². The number of hydrogen-bond donors (Lipinski definition) is 0. The van der Waals surface area contributed by atoms with Crippen LogP contribution in [0.5, 0.6) is 0 Å².